The molecule has 1 heterocycles. The Hall–Kier alpha value is -3.20. The number of unbranched alkanes of at least 4 members (excludes halogenated alkanes) is 8. The molecule has 0 aliphatic carbocycles. The second-order valence-corrected chi connectivity index (χ2v) is 11.2. The van der Waals surface area contributed by atoms with Gasteiger partial charge in [-0.3, -0.25) is 0 Å². The molecular formula is C31H46N5O3S+. The summed E-state index contributed by atoms with van der Waals surface area (Å²) < 4.78 is 15.2. The molecule has 3 aromatic rings. The number of hydrogen-bond donors (Lipinski definition) is 3. The van der Waals surface area contributed by atoms with Gasteiger partial charge in [0, 0.05) is 12.6 Å². The molecule has 2 aromatic carbocycles. The van der Waals surface area contributed by atoms with Crippen LogP contribution in [0.5, 0.6) is 11.5 Å². The average molecular weight is 569 g/mol. The van der Waals surface area contributed by atoms with Gasteiger partial charge in [0.05, 0.1) is 11.3 Å². The van der Waals surface area contributed by atoms with E-state index < -0.39 is 0 Å². The van der Waals surface area contributed by atoms with E-state index in [-0.39, 0.29) is 12.1 Å². The van der Waals surface area contributed by atoms with E-state index in [4.69, 9.17) is 15.0 Å². The van der Waals surface area contributed by atoms with Gasteiger partial charge < -0.3 is 14.8 Å². The number of ether oxygens (including phenoxy) is 2. The van der Waals surface area contributed by atoms with Crippen LogP contribution in [0, 0.1) is 5.53 Å². The summed E-state index contributed by atoms with van der Waals surface area (Å²) in [5.74, 6) is 1.38. The fraction of sp³-hybridized carbons (Fsp3) is 0.548. The van der Waals surface area contributed by atoms with Crippen molar-refractivity contribution in [2.75, 3.05) is 25.1 Å². The van der Waals surface area contributed by atoms with Gasteiger partial charge in [-0.1, -0.05) is 83.4 Å². The van der Waals surface area contributed by atoms with Crippen LogP contribution >= 0.6 is 11.3 Å². The van der Waals surface area contributed by atoms with Crippen LogP contribution in [-0.2, 0) is 0 Å². The predicted octanol–water partition coefficient (Wildman–Crippen LogP) is 8.93. The molecule has 3 rings (SSSR count). The third kappa shape index (κ3) is 9.77. The summed E-state index contributed by atoms with van der Waals surface area (Å²) in [5.41, 5.74) is 9.12. The molecule has 8 nitrogen and oxygen atoms in total. The molecule has 0 aliphatic heterocycles. The molecule has 0 radical (unpaired) electrons. The van der Waals surface area contributed by atoms with Gasteiger partial charge in [-0.05, 0) is 49.3 Å². The Bertz CT molecular complexity index is 1180. The number of rotatable bonds is 19. The molecular weight excluding hydrogens is 522 g/mol. The van der Waals surface area contributed by atoms with Gasteiger partial charge in [-0.25, -0.2) is 14.9 Å². The highest BCUT2D eigenvalue weighted by Crippen LogP contribution is 2.37. The lowest BCUT2D eigenvalue weighted by molar-refractivity contribution is -0.678. The van der Waals surface area contributed by atoms with Crippen molar-refractivity contribution in [1.29, 1.82) is 5.53 Å². The van der Waals surface area contributed by atoms with E-state index in [0.29, 0.717) is 36.3 Å². The third-order valence-corrected chi connectivity index (χ3v) is 7.85. The molecule has 2 amide bonds. The lowest BCUT2D eigenvalue weighted by Crippen LogP contribution is -2.44. The third-order valence-electron chi connectivity index (χ3n) is 6.81. The van der Waals surface area contributed by atoms with Gasteiger partial charge in [0.25, 0.3) is 0 Å². The molecule has 0 saturated carbocycles. The SMILES string of the molecule is CCCCCCCCNC(=O)Nc1sc2cc(N=N)c(OCCCCCC)cc2[n+]1C(C)COc1ccccc1. The van der Waals surface area contributed by atoms with Crippen molar-refractivity contribution < 1.29 is 18.8 Å². The number of urea groups is 1. The van der Waals surface area contributed by atoms with E-state index in [1.165, 1.54) is 49.9 Å². The molecule has 0 saturated heterocycles. The largest absolute Gasteiger partial charge is 0.491 e. The lowest BCUT2D eigenvalue weighted by atomic mass is 10.1. The van der Waals surface area contributed by atoms with Crippen molar-refractivity contribution in [1.82, 2.24) is 5.32 Å². The average Bonchev–Trinajstić information content (AvgIpc) is 3.31. The Morgan fingerprint density at radius 2 is 1.68 bits per heavy atom. The highest BCUT2D eigenvalue weighted by atomic mass is 32.1. The monoisotopic (exact) mass is 568 g/mol. The number of thiazole rings is 1. The zero-order valence-electron chi connectivity index (χ0n) is 24.3. The number of hydrogen-bond acceptors (Lipinski definition) is 6. The molecule has 0 fully saturated rings. The van der Waals surface area contributed by atoms with Crippen molar-refractivity contribution in [3.05, 3.63) is 42.5 Å². The molecule has 1 atom stereocenters. The van der Waals surface area contributed by atoms with Crippen LogP contribution < -0.4 is 24.7 Å². The quantitative estimate of drug-likeness (QED) is 0.0764. The fourth-order valence-corrected chi connectivity index (χ4v) is 5.73. The van der Waals surface area contributed by atoms with Crippen molar-refractivity contribution >= 4 is 38.4 Å². The number of fused-ring (bicyclic) bond motifs is 1. The second kappa shape index (κ2) is 17.5. The maximum Gasteiger partial charge on any atom is 0.407 e. The van der Waals surface area contributed by atoms with E-state index in [0.717, 1.165) is 41.6 Å². The van der Waals surface area contributed by atoms with Crippen LogP contribution in [0.15, 0.2) is 47.6 Å². The molecule has 0 bridgehead atoms. The van der Waals surface area contributed by atoms with Crippen LogP contribution in [0.2, 0.25) is 0 Å². The Morgan fingerprint density at radius 3 is 2.40 bits per heavy atom. The van der Waals surface area contributed by atoms with Gasteiger partial charge >= 0.3 is 11.2 Å². The summed E-state index contributed by atoms with van der Waals surface area (Å²) in [5, 5.41) is 10.5. The summed E-state index contributed by atoms with van der Waals surface area (Å²) in [6.45, 7) is 8.12. The number of aromatic nitrogens is 1. The van der Waals surface area contributed by atoms with E-state index in [2.05, 4.69) is 41.1 Å². The second-order valence-electron chi connectivity index (χ2n) is 10.2. The summed E-state index contributed by atoms with van der Waals surface area (Å²) >= 11 is 1.46. The molecule has 3 N–H and O–H groups in total. The smallest absolute Gasteiger partial charge is 0.407 e. The zero-order valence-corrected chi connectivity index (χ0v) is 25.2. The van der Waals surface area contributed by atoms with Crippen molar-refractivity contribution in [2.45, 2.75) is 91.0 Å². The molecule has 0 spiro atoms. The molecule has 1 aromatic heterocycles. The van der Waals surface area contributed by atoms with Gasteiger partial charge in [-0.2, -0.15) is 10.4 Å². The maximum atomic E-state index is 12.9. The first-order valence-electron chi connectivity index (χ1n) is 14.8. The van der Waals surface area contributed by atoms with E-state index >= 15 is 0 Å². The number of benzene rings is 2. The van der Waals surface area contributed by atoms with Crippen molar-refractivity contribution in [3.63, 3.8) is 0 Å². The number of para-hydroxylation sites is 1. The molecule has 9 heteroatoms. The number of carbonyl (C=O) groups excluding carboxylic acids is 1. The number of nitrogens with zero attached hydrogens (tertiary/aromatic N) is 2. The topological polar surface area (TPSA) is 99.7 Å². The molecule has 0 aliphatic rings. The minimum Gasteiger partial charge on any atom is -0.491 e. The Labute approximate surface area is 243 Å². The minimum absolute atomic E-state index is 0.0842. The van der Waals surface area contributed by atoms with Crippen molar-refractivity contribution in [3.8, 4) is 11.5 Å². The Balaban J connectivity index is 1.78. The highest BCUT2D eigenvalue weighted by molar-refractivity contribution is 7.21. The minimum atomic E-state index is -0.220. The number of anilines is 1. The number of carbonyl (C=O) groups is 1. The van der Waals surface area contributed by atoms with Crippen LogP contribution in [0.4, 0.5) is 15.6 Å². The summed E-state index contributed by atoms with van der Waals surface area (Å²) in [7, 11) is 0. The van der Waals surface area contributed by atoms with E-state index in [1.807, 2.05) is 42.5 Å². The summed E-state index contributed by atoms with van der Waals surface area (Å²) in [4.78, 5) is 12.9. The van der Waals surface area contributed by atoms with Gasteiger partial charge in [0.2, 0.25) is 0 Å². The Kier molecular flexibility index (Phi) is 13.7. The lowest BCUT2D eigenvalue weighted by Gasteiger charge is -2.14. The first-order chi connectivity index (χ1) is 19.6. The number of amides is 2. The van der Waals surface area contributed by atoms with Gasteiger partial charge in [0.15, 0.2) is 5.75 Å². The fourth-order valence-electron chi connectivity index (χ4n) is 4.57. The summed E-state index contributed by atoms with van der Waals surface area (Å²) in [6, 6.07) is 13.2. The molecule has 1 unspecified atom stereocenters. The highest BCUT2D eigenvalue weighted by Gasteiger charge is 2.27. The Morgan fingerprint density at radius 1 is 0.975 bits per heavy atom. The van der Waals surface area contributed by atoms with E-state index in [1.54, 1.807) is 0 Å². The standard InChI is InChI=1S/C31H45N5O3S/c1-4-6-8-10-11-15-19-33-30(37)34-31-36(24(3)23-39-25-17-13-12-14-18-25)27-22-28(38-20-16-9-7-5-2)26(35-32)21-29(27)40-31/h12-14,17-18,21-22,24,32H,4-11,15-16,19-20,23H2,1-3H3,(H,33,37)/p+1. The molecule has 40 heavy (non-hydrogen) atoms. The van der Waals surface area contributed by atoms with E-state index in [9.17, 15) is 4.79 Å². The predicted molar refractivity (Wildman–Crippen MR) is 164 cm³/mol. The first-order valence-corrected chi connectivity index (χ1v) is 15.6. The van der Waals surface area contributed by atoms with Crippen molar-refractivity contribution in [2.24, 2.45) is 5.11 Å². The first kappa shape index (κ1) is 31.3. The zero-order chi connectivity index (χ0) is 28.6. The van der Waals surface area contributed by atoms with Crippen LogP contribution in [-0.4, -0.2) is 25.8 Å². The van der Waals surface area contributed by atoms with Crippen LogP contribution in [0.25, 0.3) is 10.2 Å². The normalized spacial score (nSPS) is 11.8. The number of nitrogens with one attached hydrogen (secondary N) is 3. The molecule has 218 valence electrons. The van der Waals surface area contributed by atoms with Gasteiger partial charge in [0.1, 0.15) is 29.6 Å². The van der Waals surface area contributed by atoms with Crippen LogP contribution in [0.3, 0.4) is 0 Å². The maximum absolute atomic E-state index is 12.9. The van der Waals surface area contributed by atoms with Gasteiger partial charge in [-0.15, -0.1) is 0 Å². The van der Waals surface area contributed by atoms with Crippen LogP contribution in [0.1, 0.15) is 91.0 Å². The summed E-state index contributed by atoms with van der Waals surface area (Å²) in [6.07, 6.45) is 11.5.